The molecular weight excluding hydrogens is 274 g/mol. The molecule has 0 fully saturated rings. The predicted octanol–water partition coefficient (Wildman–Crippen LogP) is 4.26. The van der Waals surface area contributed by atoms with Crippen molar-refractivity contribution < 1.29 is 4.84 Å². The van der Waals surface area contributed by atoms with Crippen molar-refractivity contribution in [2.45, 2.75) is 58.4 Å². The Morgan fingerprint density at radius 1 is 1.00 bits per heavy atom. The van der Waals surface area contributed by atoms with Crippen molar-refractivity contribution in [2.75, 3.05) is 7.11 Å². The number of hydroxylamine groups is 2. The van der Waals surface area contributed by atoms with E-state index in [1.165, 1.54) is 11.1 Å². The molecule has 1 aromatic rings. The molecule has 2 nitrogen and oxygen atoms in total. The van der Waals surface area contributed by atoms with Gasteiger partial charge in [0.05, 0.1) is 18.2 Å². The molecule has 0 saturated heterocycles. The van der Waals surface area contributed by atoms with Crippen molar-refractivity contribution in [3.63, 3.8) is 0 Å². The quantitative estimate of drug-likeness (QED) is 0.567. The molecule has 21 heavy (non-hydrogen) atoms. The Bertz CT molecular complexity index is 614. The van der Waals surface area contributed by atoms with Crippen LogP contribution >= 0.6 is 0 Å². The molecule has 0 unspecified atom stereocenters. The van der Waals surface area contributed by atoms with Crippen LogP contribution in [0.25, 0.3) is 0 Å². The normalized spacial score (nSPS) is 19.8. The maximum Gasteiger partial charge on any atom is 0.129 e. The van der Waals surface area contributed by atoms with E-state index in [4.69, 9.17) is 4.84 Å². The van der Waals surface area contributed by atoms with Gasteiger partial charge in [-0.2, -0.15) is 5.06 Å². The van der Waals surface area contributed by atoms with Crippen LogP contribution in [-0.4, -0.2) is 20.2 Å². The topological polar surface area (TPSA) is 12.5 Å². The van der Waals surface area contributed by atoms with Gasteiger partial charge in [0.15, 0.2) is 0 Å². The molecule has 2 rings (SSSR count). The summed E-state index contributed by atoms with van der Waals surface area (Å²) in [6.07, 6.45) is 0. The molecule has 1 aromatic carbocycles. The van der Waals surface area contributed by atoms with E-state index in [-0.39, 0.29) is 11.1 Å². The molecule has 114 valence electrons. The first-order chi connectivity index (χ1) is 9.50. The number of hydrogen-bond acceptors (Lipinski definition) is 2. The highest BCUT2D eigenvalue weighted by Gasteiger charge is 2.49. The van der Waals surface area contributed by atoms with E-state index in [2.05, 4.69) is 82.1 Å². The number of hydrogen-bond donors (Lipinski definition) is 0. The minimum atomic E-state index is -1.35. The largest absolute Gasteiger partial charge is 0.301 e. The van der Waals surface area contributed by atoms with Gasteiger partial charge in [-0.05, 0) is 51.0 Å². The molecule has 0 atom stereocenters. The van der Waals surface area contributed by atoms with Gasteiger partial charge in [-0.15, -0.1) is 5.54 Å². The Morgan fingerprint density at radius 2 is 1.57 bits per heavy atom. The zero-order valence-electron chi connectivity index (χ0n) is 14.6. The average Bonchev–Trinajstić information content (AvgIpc) is 2.49. The standard InChI is InChI=1S/C18H27NOSi/c1-17(2)15-10-9-14(11-12-21(6,7)8)13-16(15)18(3,4)19(17)20-5/h9-10,13H,1-8H3. The summed E-state index contributed by atoms with van der Waals surface area (Å²) in [5, 5.41) is 2.08. The van der Waals surface area contributed by atoms with Gasteiger partial charge in [-0.3, -0.25) is 0 Å². The third kappa shape index (κ3) is 2.81. The van der Waals surface area contributed by atoms with Gasteiger partial charge >= 0.3 is 0 Å². The lowest BCUT2D eigenvalue weighted by Crippen LogP contribution is -2.44. The van der Waals surface area contributed by atoms with Crippen LogP contribution in [-0.2, 0) is 15.9 Å². The van der Waals surface area contributed by atoms with Gasteiger partial charge in [0, 0.05) is 5.56 Å². The minimum Gasteiger partial charge on any atom is -0.301 e. The first kappa shape index (κ1) is 16.3. The predicted molar refractivity (Wildman–Crippen MR) is 91.6 cm³/mol. The van der Waals surface area contributed by atoms with Crippen LogP contribution in [0.1, 0.15) is 44.4 Å². The molecule has 0 N–H and O–H groups in total. The van der Waals surface area contributed by atoms with Gasteiger partial charge < -0.3 is 4.84 Å². The second kappa shape index (κ2) is 4.98. The molecule has 0 saturated carbocycles. The molecule has 1 heterocycles. The molecule has 0 amide bonds. The number of fused-ring (bicyclic) bond motifs is 1. The molecule has 3 heteroatoms. The van der Waals surface area contributed by atoms with Crippen molar-refractivity contribution in [1.29, 1.82) is 0 Å². The summed E-state index contributed by atoms with van der Waals surface area (Å²) in [5.41, 5.74) is 6.92. The number of benzene rings is 1. The van der Waals surface area contributed by atoms with Crippen molar-refractivity contribution in [2.24, 2.45) is 0 Å². The van der Waals surface area contributed by atoms with Crippen molar-refractivity contribution in [3.8, 4) is 11.5 Å². The molecule has 1 aliphatic rings. The summed E-state index contributed by atoms with van der Waals surface area (Å²) in [5.74, 6) is 3.36. The van der Waals surface area contributed by atoms with Crippen LogP contribution in [0.15, 0.2) is 18.2 Å². The lowest BCUT2D eigenvalue weighted by molar-refractivity contribution is -0.241. The van der Waals surface area contributed by atoms with Gasteiger partial charge in [-0.1, -0.05) is 31.6 Å². The lowest BCUT2D eigenvalue weighted by Gasteiger charge is -2.38. The summed E-state index contributed by atoms with van der Waals surface area (Å²) in [7, 11) is 0.405. The van der Waals surface area contributed by atoms with Gasteiger partial charge in [-0.25, -0.2) is 0 Å². The lowest BCUT2D eigenvalue weighted by atomic mass is 9.89. The van der Waals surface area contributed by atoms with E-state index in [1.54, 1.807) is 7.11 Å². The fraction of sp³-hybridized carbons (Fsp3) is 0.556. The van der Waals surface area contributed by atoms with E-state index in [0.717, 1.165) is 5.56 Å². The summed E-state index contributed by atoms with van der Waals surface area (Å²) in [6, 6.07) is 6.59. The van der Waals surface area contributed by atoms with E-state index in [0.29, 0.717) is 0 Å². The first-order valence-electron chi connectivity index (χ1n) is 7.53. The van der Waals surface area contributed by atoms with Crippen molar-refractivity contribution >= 4 is 8.07 Å². The van der Waals surface area contributed by atoms with Crippen molar-refractivity contribution in [1.82, 2.24) is 5.06 Å². The highest BCUT2D eigenvalue weighted by molar-refractivity contribution is 6.83. The third-order valence-electron chi connectivity index (χ3n) is 4.12. The van der Waals surface area contributed by atoms with E-state index >= 15 is 0 Å². The Morgan fingerprint density at radius 3 is 2.10 bits per heavy atom. The van der Waals surface area contributed by atoms with Gasteiger partial charge in [0.2, 0.25) is 0 Å². The molecule has 0 aromatic heterocycles. The minimum absolute atomic E-state index is 0.127. The zero-order chi connectivity index (χ0) is 16.1. The maximum absolute atomic E-state index is 5.68. The fourth-order valence-corrected chi connectivity index (χ4v) is 3.81. The molecule has 0 aliphatic carbocycles. The van der Waals surface area contributed by atoms with Crippen LogP contribution in [0.4, 0.5) is 0 Å². The summed E-state index contributed by atoms with van der Waals surface area (Å²) in [4.78, 5) is 5.68. The van der Waals surface area contributed by atoms with Gasteiger partial charge in [0.25, 0.3) is 0 Å². The molecule has 0 bridgehead atoms. The van der Waals surface area contributed by atoms with Gasteiger partial charge in [0.1, 0.15) is 8.07 Å². The Labute approximate surface area is 130 Å². The Hall–Kier alpha value is -1.08. The maximum atomic E-state index is 5.68. The smallest absolute Gasteiger partial charge is 0.129 e. The third-order valence-corrected chi connectivity index (χ3v) is 4.99. The van der Waals surface area contributed by atoms with Crippen LogP contribution in [0.5, 0.6) is 0 Å². The summed E-state index contributed by atoms with van der Waals surface area (Å²) in [6.45, 7) is 15.6. The number of nitrogens with zero attached hydrogens (tertiary/aromatic N) is 1. The SMILES string of the molecule is CON1C(C)(C)c2ccc(C#C[Si](C)(C)C)cc2C1(C)C. The summed E-state index contributed by atoms with van der Waals surface area (Å²) < 4.78 is 0. The first-order valence-corrected chi connectivity index (χ1v) is 11.0. The zero-order valence-corrected chi connectivity index (χ0v) is 15.6. The number of rotatable bonds is 1. The Balaban J connectivity index is 2.54. The molecule has 1 aliphatic heterocycles. The van der Waals surface area contributed by atoms with Crippen LogP contribution in [0, 0.1) is 11.5 Å². The molecular formula is C18H27NOSi. The van der Waals surface area contributed by atoms with E-state index < -0.39 is 8.07 Å². The van der Waals surface area contributed by atoms with Crippen LogP contribution in [0.3, 0.4) is 0 Å². The van der Waals surface area contributed by atoms with E-state index in [1.807, 2.05) is 0 Å². The van der Waals surface area contributed by atoms with Crippen molar-refractivity contribution in [3.05, 3.63) is 34.9 Å². The van der Waals surface area contributed by atoms with Crippen LogP contribution in [0.2, 0.25) is 19.6 Å². The summed E-state index contributed by atoms with van der Waals surface area (Å²) >= 11 is 0. The Kier molecular flexibility index (Phi) is 3.86. The highest BCUT2D eigenvalue weighted by atomic mass is 28.3. The molecule has 0 radical (unpaired) electrons. The monoisotopic (exact) mass is 301 g/mol. The molecule has 0 spiro atoms. The second-order valence-electron chi connectivity index (χ2n) is 7.86. The van der Waals surface area contributed by atoms with E-state index in [9.17, 15) is 0 Å². The van der Waals surface area contributed by atoms with Crippen LogP contribution < -0.4 is 0 Å². The second-order valence-corrected chi connectivity index (χ2v) is 12.6. The fourth-order valence-electron chi connectivity index (χ4n) is 3.30. The highest BCUT2D eigenvalue weighted by Crippen LogP contribution is 2.49. The average molecular weight is 302 g/mol.